The molecule has 1 heterocycles. The van der Waals surface area contributed by atoms with Crippen molar-refractivity contribution in [2.45, 2.75) is 5.37 Å². The van der Waals surface area contributed by atoms with E-state index in [-0.39, 0.29) is 11.8 Å². The third kappa shape index (κ3) is 2.55. The van der Waals surface area contributed by atoms with Gasteiger partial charge in [-0.2, -0.15) is 0 Å². The molecule has 1 aromatic carbocycles. The molecule has 2 N–H and O–H groups in total. The zero-order valence-electron chi connectivity index (χ0n) is 8.60. The van der Waals surface area contributed by atoms with Gasteiger partial charge < -0.3 is 10.6 Å². The Morgan fingerprint density at radius 3 is 2.81 bits per heavy atom. The maximum absolute atomic E-state index is 11.8. The topological polar surface area (TPSA) is 58.2 Å². The lowest BCUT2D eigenvalue weighted by Crippen LogP contribution is -2.48. The van der Waals surface area contributed by atoms with Gasteiger partial charge in [0, 0.05) is 17.9 Å². The first-order valence-electron chi connectivity index (χ1n) is 5.02. The minimum absolute atomic E-state index is 0.125. The van der Waals surface area contributed by atoms with Crippen molar-refractivity contribution in [1.29, 1.82) is 0 Å². The van der Waals surface area contributed by atoms with Crippen LogP contribution in [0.2, 0.25) is 0 Å². The molecule has 0 aromatic heterocycles. The summed E-state index contributed by atoms with van der Waals surface area (Å²) in [5.74, 6) is 0.488. The largest absolute Gasteiger partial charge is 0.353 e. The predicted molar refractivity (Wildman–Crippen MR) is 63.2 cm³/mol. The van der Waals surface area contributed by atoms with Crippen LogP contribution in [0.3, 0.4) is 0 Å². The molecule has 0 saturated carbocycles. The van der Waals surface area contributed by atoms with Crippen LogP contribution in [0.15, 0.2) is 30.3 Å². The van der Waals surface area contributed by atoms with Crippen LogP contribution in [-0.4, -0.2) is 29.5 Å². The van der Waals surface area contributed by atoms with E-state index in [2.05, 4.69) is 10.6 Å². The van der Waals surface area contributed by atoms with Gasteiger partial charge in [-0.3, -0.25) is 9.59 Å². The fraction of sp³-hybridized carbons (Fsp3) is 0.273. The summed E-state index contributed by atoms with van der Waals surface area (Å²) in [5, 5.41) is 4.94. The first-order valence-corrected chi connectivity index (χ1v) is 6.07. The monoisotopic (exact) mass is 236 g/mol. The van der Waals surface area contributed by atoms with Gasteiger partial charge in [0.25, 0.3) is 11.8 Å². The summed E-state index contributed by atoms with van der Waals surface area (Å²) < 4.78 is 0. The Morgan fingerprint density at radius 2 is 2.12 bits per heavy atom. The van der Waals surface area contributed by atoms with Gasteiger partial charge in [0.1, 0.15) is 0 Å². The SMILES string of the molecule is O=C(NC1SCCNC1=O)c1ccccc1. The van der Waals surface area contributed by atoms with Crippen LogP contribution < -0.4 is 10.6 Å². The van der Waals surface area contributed by atoms with Crippen molar-refractivity contribution in [3.05, 3.63) is 35.9 Å². The first-order chi connectivity index (χ1) is 7.77. The van der Waals surface area contributed by atoms with E-state index in [4.69, 9.17) is 0 Å². The lowest BCUT2D eigenvalue weighted by atomic mass is 10.2. The highest BCUT2D eigenvalue weighted by atomic mass is 32.2. The molecule has 1 saturated heterocycles. The maximum Gasteiger partial charge on any atom is 0.253 e. The van der Waals surface area contributed by atoms with E-state index in [9.17, 15) is 9.59 Å². The second-order valence-electron chi connectivity index (χ2n) is 3.38. The van der Waals surface area contributed by atoms with Crippen molar-refractivity contribution in [3.63, 3.8) is 0 Å². The molecule has 0 aliphatic carbocycles. The molecule has 0 spiro atoms. The van der Waals surface area contributed by atoms with Crippen LogP contribution in [0.4, 0.5) is 0 Å². The average Bonchev–Trinajstić information content (AvgIpc) is 2.33. The minimum Gasteiger partial charge on any atom is -0.353 e. The van der Waals surface area contributed by atoms with Crippen LogP contribution >= 0.6 is 11.8 Å². The van der Waals surface area contributed by atoms with Gasteiger partial charge in [0.05, 0.1) is 0 Å². The summed E-state index contributed by atoms with van der Waals surface area (Å²) in [7, 11) is 0. The Hall–Kier alpha value is -1.49. The quantitative estimate of drug-likeness (QED) is 0.791. The highest BCUT2D eigenvalue weighted by Gasteiger charge is 2.24. The van der Waals surface area contributed by atoms with Gasteiger partial charge >= 0.3 is 0 Å². The van der Waals surface area contributed by atoms with Gasteiger partial charge in [0.15, 0.2) is 5.37 Å². The molecule has 84 valence electrons. The van der Waals surface area contributed by atoms with E-state index < -0.39 is 5.37 Å². The lowest BCUT2D eigenvalue weighted by molar-refractivity contribution is -0.121. The van der Waals surface area contributed by atoms with E-state index in [0.29, 0.717) is 12.1 Å². The summed E-state index contributed by atoms with van der Waals surface area (Å²) >= 11 is 1.45. The molecule has 5 heteroatoms. The first kappa shape index (κ1) is 11.0. The van der Waals surface area contributed by atoms with Crippen molar-refractivity contribution in [2.24, 2.45) is 0 Å². The number of carbonyl (C=O) groups is 2. The molecule has 1 aromatic rings. The summed E-state index contributed by atoms with van der Waals surface area (Å²) in [6.07, 6.45) is 0. The number of nitrogens with one attached hydrogen (secondary N) is 2. The third-order valence-corrected chi connectivity index (χ3v) is 3.33. The number of amides is 2. The van der Waals surface area contributed by atoms with Crippen molar-refractivity contribution < 1.29 is 9.59 Å². The van der Waals surface area contributed by atoms with Crippen LogP contribution in [0.5, 0.6) is 0 Å². The van der Waals surface area contributed by atoms with Gasteiger partial charge in [-0.1, -0.05) is 18.2 Å². The fourth-order valence-electron chi connectivity index (χ4n) is 1.42. The number of hydrogen-bond donors (Lipinski definition) is 2. The highest BCUT2D eigenvalue weighted by molar-refractivity contribution is 8.00. The van der Waals surface area contributed by atoms with Gasteiger partial charge in [-0.15, -0.1) is 11.8 Å². The van der Waals surface area contributed by atoms with Crippen LogP contribution in [0.25, 0.3) is 0 Å². The summed E-state index contributed by atoms with van der Waals surface area (Å²) in [6.45, 7) is 0.668. The van der Waals surface area contributed by atoms with E-state index in [1.807, 2.05) is 6.07 Å². The molecule has 1 unspecified atom stereocenters. The molecule has 16 heavy (non-hydrogen) atoms. The summed E-state index contributed by atoms with van der Waals surface area (Å²) in [4.78, 5) is 23.2. The van der Waals surface area contributed by atoms with E-state index in [1.54, 1.807) is 24.3 Å². The van der Waals surface area contributed by atoms with Crippen molar-refractivity contribution in [3.8, 4) is 0 Å². The number of thioether (sulfide) groups is 1. The number of benzene rings is 1. The molecule has 2 rings (SSSR count). The van der Waals surface area contributed by atoms with Crippen LogP contribution in [-0.2, 0) is 4.79 Å². The Kier molecular flexibility index (Phi) is 3.46. The maximum atomic E-state index is 11.8. The van der Waals surface area contributed by atoms with Crippen molar-refractivity contribution >= 4 is 23.6 Å². The van der Waals surface area contributed by atoms with Crippen molar-refractivity contribution in [1.82, 2.24) is 10.6 Å². The minimum atomic E-state index is -0.471. The Labute approximate surface area is 97.8 Å². The number of hydrogen-bond acceptors (Lipinski definition) is 3. The predicted octanol–water partition coefficient (Wildman–Crippen LogP) is 0.605. The van der Waals surface area contributed by atoms with E-state index in [0.717, 1.165) is 5.75 Å². The summed E-state index contributed by atoms with van der Waals surface area (Å²) in [6, 6.07) is 8.88. The molecule has 1 atom stereocenters. The lowest BCUT2D eigenvalue weighted by Gasteiger charge is -2.22. The molecule has 1 aliphatic rings. The van der Waals surface area contributed by atoms with Gasteiger partial charge in [-0.05, 0) is 12.1 Å². The number of rotatable bonds is 2. The third-order valence-electron chi connectivity index (χ3n) is 2.22. The molecule has 4 nitrogen and oxygen atoms in total. The smallest absolute Gasteiger partial charge is 0.253 e. The zero-order valence-corrected chi connectivity index (χ0v) is 9.42. The highest BCUT2D eigenvalue weighted by Crippen LogP contribution is 2.12. The Morgan fingerprint density at radius 1 is 1.38 bits per heavy atom. The normalized spacial score (nSPS) is 20.0. The van der Waals surface area contributed by atoms with Crippen LogP contribution in [0, 0.1) is 0 Å². The van der Waals surface area contributed by atoms with Gasteiger partial charge in [-0.25, -0.2) is 0 Å². The molecule has 1 fully saturated rings. The second-order valence-corrected chi connectivity index (χ2v) is 4.59. The van der Waals surface area contributed by atoms with E-state index >= 15 is 0 Å². The molecular weight excluding hydrogens is 224 g/mol. The van der Waals surface area contributed by atoms with Gasteiger partial charge in [0.2, 0.25) is 0 Å². The molecule has 2 amide bonds. The Balaban J connectivity index is 1.99. The number of carbonyl (C=O) groups excluding carboxylic acids is 2. The Bertz CT molecular complexity index is 394. The molecule has 0 radical (unpaired) electrons. The molecule has 0 bridgehead atoms. The zero-order chi connectivity index (χ0) is 11.4. The molecule has 1 aliphatic heterocycles. The van der Waals surface area contributed by atoms with Crippen LogP contribution in [0.1, 0.15) is 10.4 Å². The van der Waals surface area contributed by atoms with Crippen molar-refractivity contribution in [2.75, 3.05) is 12.3 Å². The molecular formula is C11H12N2O2S. The fourth-order valence-corrected chi connectivity index (χ4v) is 2.30. The average molecular weight is 236 g/mol. The van der Waals surface area contributed by atoms with E-state index in [1.165, 1.54) is 11.8 Å². The second kappa shape index (κ2) is 5.03. The standard InChI is InChI=1S/C11H12N2O2S/c14-9(8-4-2-1-3-5-8)13-11-10(15)12-6-7-16-11/h1-5,11H,6-7H2,(H,12,15)(H,13,14). The summed E-state index contributed by atoms with van der Waals surface area (Å²) in [5.41, 5.74) is 0.571.